The molecule has 21 heavy (non-hydrogen) atoms. The number of benzene rings is 1. The molecule has 1 aliphatic carbocycles. The molecule has 1 aromatic rings. The third-order valence-electron chi connectivity index (χ3n) is 3.77. The largest absolute Gasteiger partial charge is 0.494 e. The van der Waals surface area contributed by atoms with E-state index in [-0.39, 0.29) is 23.1 Å². The van der Waals surface area contributed by atoms with Crippen molar-refractivity contribution in [1.82, 2.24) is 5.32 Å². The van der Waals surface area contributed by atoms with E-state index in [0.717, 1.165) is 31.7 Å². The van der Waals surface area contributed by atoms with Gasteiger partial charge in [-0.1, -0.05) is 18.9 Å². The van der Waals surface area contributed by atoms with Crippen LogP contribution in [0.5, 0.6) is 5.75 Å². The number of carboxylic acid groups (broad SMARTS) is 1. The van der Waals surface area contributed by atoms with Crippen molar-refractivity contribution >= 4 is 11.9 Å². The Morgan fingerprint density at radius 3 is 2.57 bits per heavy atom. The van der Waals surface area contributed by atoms with Crippen LogP contribution in [-0.2, 0) is 9.59 Å². The molecule has 0 radical (unpaired) electrons. The number of amides is 1. The highest BCUT2D eigenvalue weighted by molar-refractivity contribution is 5.86. The van der Waals surface area contributed by atoms with Crippen molar-refractivity contribution in [2.75, 3.05) is 7.11 Å². The van der Waals surface area contributed by atoms with Gasteiger partial charge in [0.1, 0.15) is 0 Å². The first-order valence-electron chi connectivity index (χ1n) is 6.89. The van der Waals surface area contributed by atoms with Gasteiger partial charge in [-0.25, -0.2) is 9.18 Å². The van der Waals surface area contributed by atoms with E-state index in [9.17, 15) is 19.1 Å². The van der Waals surface area contributed by atoms with E-state index >= 15 is 0 Å². The number of rotatable bonds is 5. The maximum atomic E-state index is 13.7. The van der Waals surface area contributed by atoms with Gasteiger partial charge in [0.05, 0.1) is 7.11 Å². The van der Waals surface area contributed by atoms with E-state index in [1.807, 2.05) is 0 Å². The Balaban J connectivity index is 2.16. The zero-order valence-corrected chi connectivity index (χ0v) is 11.8. The smallest absolute Gasteiger partial charge is 0.330 e. The number of carbonyl (C=O) groups excluding carboxylic acids is 1. The first-order chi connectivity index (χ1) is 10.0. The number of halogens is 1. The van der Waals surface area contributed by atoms with Gasteiger partial charge < -0.3 is 15.2 Å². The molecule has 0 heterocycles. The zero-order chi connectivity index (χ0) is 15.4. The van der Waals surface area contributed by atoms with Crippen LogP contribution in [0.2, 0.25) is 0 Å². The molecule has 1 amide bonds. The predicted molar refractivity (Wildman–Crippen MR) is 73.4 cm³/mol. The average molecular weight is 295 g/mol. The Kier molecular flexibility index (Phi) is 4.77. The molecule has 1 saturated carbocycles. The average Bonchev–Trinajstić information content (AvgIpc) is 2.98. The summed E-state index contributed by atoms with van der Waals surface area (Å²) in [6, 6.07) is 2.61. The topological polar surface area (TPSA) is 75.6 Å². The van der Waals surface area contributed by atoms with Crippen LogP contribution >= 0.6 is 0 Å². The summed E-state index contributed by atoms with van der Waals surface area (Å²) in [5.74, 6) is -2.27. The molecule has 1 atom stereocenters. The van der Waals surface area contributed by atoms with Crippen molar-refractivity contribution in [3.8, 4) is 5.75 Å². The SMILES string of the molecule is COc1ccc(C(NC(=O)C2CCCC2)C(=O)O)cc1F. The van der Waals surface area contributed by atoms with Crippen LogP contribution < -0.4 is 10.1 Å². The highest BCUT2D eigenvalue weighted by Gasteiger charge is 2.28. The summed E-state index contributed by atoms with van der Waals surface area (Å²) < 4.78 is 18.5. The van der Waals surface area contributed by atoms with Gasteiger partial charge in [-0.3, -0.25) is 4.79 Å². The lowest BCUT2D eigenvalue weighted by Gasteiger charge is -2.18. The number of nitrogens with one attached hydrogen (secondary N) is 1. The molecule has 0 aliphatic heterocycles. The van der Waals surface area contributed by atoms with Crippen molar-refractivity contribution in [3.63, 3.8) is 0 Å². The monoisotopic (exact) mass is 295 g/mol. The molecule has 1 aliphatic rings. The third kappa shape index (κ3) is 3.51. The fourth-order valence-electron chi connectivity index (χ4n) is 2.60. The fraction of sp³-hybridized carbons (Fsp3) is 0.467. The Hall–Kier alpha value is -2.11. The quantitative estimate of drug-likeness (QED) is 0.873. The van der Waals surface area contributed by atoms with Gasteiger partial charge >= 0.3 is 5.97 Å². The van der Waals surface area contributed by atoms with Crippen LogP contribution in [0.3, 0.4) is 0 Å². The number of methoxy groups -OCH3 is 1. The van der Waals surface area contributed by atoms with Crippen LogP contribution in [0.1, 0.15) is 37.3 Å². The van der Waals surface area contributed by atoms with Crippen molar-refractivity contribution in [2.24, 2.45) is 5.92 Å². The highest BCUT2D eigenvalue weighted by atomic mass is 19.1. The second-order valence-corrected chi connectivity index (χ2v) is 5.16. The van der Waals surface area contributed by atoms with Crippen molar-refractivity contribution in [1.29, 1.82) is 0 Å². The number of hydrogen-bond donors (Lipinski definition) is 2. The van der Waals surface area contributed by atoms with Gasteiger partial charge in [0.25, 0.3) is 0 Å². The maximum absolute atomic E-state index is 13.7. The number of carbonyl (C=O) groups is 2. The maximum Gasteiger partial charge on any atom is 0.330 e. The highest BCUT2D eigenvalue weighted by Crippen LogP contribution is 2.27. The van der Waals surface area contributed by atoms with E-state index in [1.54, 1.807) is 0 Å². The third-order valence-corrected chi connectivity index (χ3v) is 3.77. The van der Waals surface area contributed by atoms with Gasteiger partial charge in [-0.2, -0.15) is 0 Å². The molecule has 1 aromatic carbocycles. The van der Waals surface area contributed by atoms with E-state index in [0.29, 0.717) is 0 Å². The molecule has 114 valence electrons. The van der Waals surface area contributed by atoms with Crippen LogP contribution in [0.25, 0.3) is 0 Å². The molecule has 1 unspecified atom stereocenters. The molecule has 6 heteroatoms. The molecule has 0 spiro atoms. The van der Waals surface area contributed by atoms with Crippen LogP contribution in [0.4, 0.5) is 4.39 Å². The van der Waals surface area contributed by atoms with Crippen molar-refractivity contribution in [3.05, 3.63) is 29.6 Å². The number of ether oxygens (including phenoxy) is 1. The number of carboxylic acids is 1. The first kappa shape index (κ1) is 15.3. The molecule has 0 saturated heterocycles. The first-order valence-corrected chi connectivity index (χ1v) is 6.89. The van der Waals surface area contributed by atoms with E-state index in [1.165, 1.54) is 19.2 Å². The number of aliphatic carboxylic acids is 1. The summed E-state index contributed by atoms with van der Waals surface area (Å²) in [5.41, 5.74) is 0.187. The second kappa shape index (κ2) is 6.56. The number of hydrogen-bond acceptors (Lipinski definition) is 3. The van der Waals surface area contributed by atoms with Gasteiger partial charge in [-0.15, -0.1) is 0 Å². The summed E-state index contributed by atoms with van der Waals surface area (Å²) in [5, 5.41) is 11.8. The summed E-state index contributed by atoms with van der Waals surface area (Å²) in [7, 11) is 1.33. The fourth-order valence-corrected chi connectivity index (χ4v) is 2.60. The molecule has 2 rings (SSSR count). The minimum atomic E-state index is -1.25. The lowest BCUT2D eigenvalue weighted by Crippen LogP contribution is -2.37. The van der Waals surface area contributed by atoms with E-state index < -0.39 is 17.8 Å². The predicted octanol–water partition coefficient (Wildman–Crippen LogP) is 2.27. The zero-order valence-electron chi connectivity index (χ0n) is 11.8. The molecule has 0 aromatic heterocycles. The van der Waals surface area contributed by atoms with Crippen LogP contribution in [0, 0.1) is 11.7 Å². The lowest BCUT2D eigenvalue weighted by atomic mass is 10.0. The van der Waals surface area contributed by atoms with Crippen molar-refractivity contribution < 1.29 is 23.8 Å². The molecule has 2 N–H and O–H groups in total. The molecule has 5 nitrogen and oxygen atoms in total. The minimum absolute atomic E-state index is 0.0324. The summed E-state index contributed by atoms with van der Waals surface area (Å²) in [4.78, 5) is 23.4. The Morgan fingerprint density at radius 2 is 2.05 bits per heavy atom. The lowest BCUT2D eigenvalue weighted by molar-refractivity contribution is -0.142. The van der Waals surface area contributed by atoms with E-state index in [4.69, 9.17) is 4.74 Å². The Morgan fingerprint density at radius 1 is 1.38 bits per heavy atom. The minimum Gasteiger partial charge on any atom is -0.494 e. The Bertz CT molecular complexity index is 540. The Labute approximate surface area is 122 Å². The molecular weight excluding hydrogens is 277 g/mol. The standard InChI is InChI=1S/C15H18FNO4/c1-21-12-7-6-10(8-11(12)16)13(15(19)20)17-14(18)9-4-2-3-5-9/h6-9,13H,2-5H2,1H3,(H,17,18)(H,19,20). The summed E-state index contributed by atoms with van der Waals surface area (Å²) in [6.45, 7) is 0. The summed E-state index contributed by atoms with van der Waals surface area (Å²) >= 11 is 0. The molecular formula is C15H18FNO4. The van der Waals surface area contributed by atoms with Crippen molar-refractivity contribution in [2.45, 2.75) is 31.7 Å². The van der Waals surface area contributed by atoms with Gasteiger partial charge in [0.15, 0.2) is 17.6 Å². The van der Waals surface area contributed by atoms with Crippen LogP contribution in [-0.4, -0.2) is 24.1 Å². The molecule has 1 fully saturated rings. The van der Waals surface area contributed by atoms with Gasteiger partial charge in [0.2, 0.25) is 5.91 Å². The normalized spacial score (nSPS) is 16.5. The van der Waals surface area contributed by atoms with Gasteiger partial charge in [-0.05, 0) is 30.5 Å². The van der Waals surface area contributed by atoms with Crippen LogP contribution in [0.15, 0.2) is 18.2 Å². The van der Waals surface area contributed by atoms with Gasteiger partial charge in [0, 0.05) is 5.92 Å². The molecule has 0 bridgehead atoms. The second-order valence-electron chi connectivity index (χ2n) is 5.16. The summed E-state index contributed by atoms with van der Waals surface area (Å²) in [6.07, 6.45) is 3.50. The van der Waals surface area contributed by atoms with E-state index in [2.05, 4.69) is 5.32 Å².